The van der Waals surface area contributed by atoms with Crippen LogP contribution in [-0.2, 0) is 11.3 Å². The minimum absolute atomic E-state index is 0.0593. The molecule has 0 spiro atoms. The van der Waals surface area contributed by atoms with Gasteiger partial charge in [-0.25, -0.2) is 4.79 Å². The van der Waals surface area contributed by atoms with Crippen LogP contribution >= 0.6 is 0 Å². The van der Waals surface area contributed by atoms with Gasteiger partial charge in [0.15, 0.2) is 0 Å². The van der Waals surface area contributed by atoms with Crippen LogP contribution in [0, 0.1) is 0 Å². The van der Waals surface area contributed by atoms with E-state index in [2.05, 4.69) is 9.84 Å². The first kappa shape index (κ1) is 9.53. The predicted molar refractivity (Wildman–Crippen MR) is 43.5 cm³/mol. The molecule has 0 atom stereocenters. The van der Waals surface area contributed by atoms with Crippen molar-refractivity contribution in [3.05, 3.63) is 22.1 Å². The number of H-pyrrole nitrogens is 1. The average Bonchev–Trinajstić information content (AvgIpc) is 2.48. The molecule has 6 nitrogen and oxygen atoms in total. The van der Waals surface area contributed by atoms with E-state index in [1.807, 2.05) is 0 Å². The lowest BCUT2D eigenvalue weighted by molar-refractivity contribution is 0.0599. The second kappa shape index (κ2) is 3.90. The number of rotatable bonds is 3. The predicted octanol–water partition coefficient (Wildman–Crippen LogP) is -1.04. The molecule has 0 aliphatic rings. The maximum Gasteiger partial charge on any atom is 0.345 e. The number of ether oxygens (including phenoxy) is 1. The van der Waals surface area contributed by atoms with Crippen molar-refractivity contribution in [1.29, 1.82) is 0 Å². The van der Waals surface area contributed by atoms with Gasteiger partial charge < -0.3 is 14.9 Å². The number of carbonyl (C=O) groups is 1. The lowest BCUT2D eigenvalue weighted by Gasteiger charge is -1.95. The summed E-state index contributed by atoms with van der Waals surface area (Å²) in [7, 11) is 1.20. The van der Waals surface area contributed by atoms with Gasteiger partial charge in [0, 0.05) is 6.20 Å². The average molecular weight is 186 g/mol. The molecule has 0 saturated carbocycles. The van der Waals surface area contributed by atoms with Gasteiger partial charge in [0.25, 0.3) is 5.56 Å². The van der Waals surface area contributed by atoms with Crippen molar-refractivity contribution < 1.29 is 14.6 Å². The van der Waals surface area contributed by atoms with Gasteiger partial charge in [0.1, 0.15) is 5.56 Å². The highest BCUT2D eigenvalue weighted by atomic mass is 16.5. The van der Waals surface area contributed by atoms with E-state index in [0.29, 0.717) is 0 Å². The Bertz CT molecular complexity index is 352. The molecule has 13 heavy (non-hydrogen) atoms. The van der Waals surface area contributed by atoms with E-state index in [-0.39, 0.29) is 18.7 Å². The highest BCUT2D eigenvalue weighted by molar-refractivity contribution is 5.88. The molecule has 2 N–H and O–H groups in total. The van der Waals surface area contributed by atoms with Gasteiger partial charge in [0.05, 0.1) is 20.3 Å². The maximum atomic E-state index is 11.3. The largest absolute Gasteiger partial charge is 0.465 e. The van der Waals surface area contributed by atoms with Gasteiger partial charge in [-0.15, -0.1) is 0 Å². The van der Waals surface area contributed by atoms with Crippen molar-refractivity contribution in [2.24, 2.45) is 0 Å². The lowest BCUT2D eigenvalue weighted by Crippen LogP contribution is -2.23. The third-order valence-electron chi connectivity index (χ3n) is 1.57. The molecule has 0 aliphatic carbocycles. The van der Waals surface area contributed by atoms with E-state index in [1.165, 1.54) is 13.3 Å². The van der Waals surface area contributed by atoms with Gasteiger partial charge >= 0.3 is 5.97 Å². The first-order valence-electron chi connectivity index (χ1n) is 3.68. The van der Waals surface area contributed by atoms with Gasteiger partial charge in [-0.1, -0.05) is 0 Å². The Kier molecular flexibility index (Phi) is 2.86. The second-order valence-corrected chi connectivity index (χ2v) is 2.36. The smallest absolute Gasteiger partial charge is 0.345 e. The van der Waals surface area contributed by atoms with Crippen LogP contribution in [0.4, 0.5) is 0 Å². The molecular formula is C7H10N2O4. The Balaban J connectivity index is 2.99. The van der Waals surface area contributed by atoms with E-state index < -0.39 is 11.5 Å². The quantitative estimate of drug-likeness (QED) is 0.590. The minimum atomic E-state index is -0.682. The third kappa shape index (κ3) is 1.78. The van der Waals surface area contributed by atoms with Crippen molar-refractivity contribution in [3.8, 4) is 0 Å². The summed E-state index contributed by atoms with van der Waals surface area (Å²) in [5.74, 6) is -0.682. The van der Waals surface area contributed by atoms with Crippen LogP contribution in [0.5, 0.6) is 0 Å². The van der Waals surface area contributed by atoms with Crippen molar-refractivity contribution >= 4 is 5.97 Å². The summed E-state index contributed by atoms with van der Waals surface area (Å²) in [5.41, 5.74) is -0.545. The third-order valence-corrected chi connectivity index (χ3v) is 1.57. The highest BCUT2D eigenvalue weighted by Gasteiger charge is 2.13. The summed E-state index contributed by atoms with van der Waals surface area (Å²) in [5, 5.41) is 11.1. The normalized spacial score (nSPS) is 10.0. The van der Waals surface area contributed by atoms with Crippen molar-refractivity contribution in [1.82, 2.24) is 9.78 Å². The molecule has 0 saturated heterocycles. The molecule has 1 aromatic heterocycles. The standard InChI is InChI=1S/C7H10N2O4/c1-13-7(12)5-4-8-9(2-3-10)6(5)11/h4,8,10H,2-3H2,1H3. The highest BCUT2D eigenvalue weighted by Crippen LogP contribution is 1.91. The molecule has 1 heterocycles. The van der Waals surface area contributed by atoms with Crippen molar-refractivity contribution in [2.45, 2.75) is 6.54 Å². The summed E-state index contributed by atoms with van der Waals surface area (Å²) in [6.45, 7) is -0.0309. The number of aromatic amines is 1. The summed E-state index contributed by atoms with van der Waals surface area (Å²) in [4.78, 5) is 22.2. The zero-order valence-electron chi connectivity index (χ0n) is 7.11. The Morgan fingerprint density at radius 1 is 1.77 bits per heavy atom. The Labute approximate surface area is 73.7 Å². The molecule has 0 bridgehead atoms. The molecule has 1 rings (SSSR count). The van der Waals surface area contributed by atoms with Crippen molar-refractivity contribution in [2.75, 3.05) is 13.7 Å². The zero-order valence-corrected chi connectivity index (χ0v) is 7.11. The SMILES string of the molecule is COC(=O)c1c[nH]n(CCO)c1=O. The molecule has 1 aromatic rings. The summed E-state index contributed by atoms with van der Waals surface area (Å²) in [6, 6.07) is 0. The van der Waals surface area contributed by atoms with Crippen LogP contribution in [0.15, 0.2) is 11.0 Å². The number of nitrogens with zero attached hydrogens (tertiary/aromatic N) is 1. The minimum Gasteiger partial charge on any atom is -0.465 e. The van der Waals surface area contributed by atoms with E-state index in [9.17, 15) is 9.59 Å². The zero-order chi connectivity index (χ0) is 9.84. The molecule has 0 aromatic carbocycles. The number of carbonyl (C=O) groups excluding carboxylic acids is 1. The number of aliphatic hydroxyl groups is 1. The van der Waals surface area contributed by atoms with Crippen LogP contribution in [0.2, 0.25) is 0 Å². The Morgan fingerprint density at radius 2 is 2.46 bits per heavy atom. The first-order valence-corrected chi connectivity index (χ1v) is 3.68. The molecule has 0 fully saturated rings. The summed E-state index contributed by atoms with van der Waals surface area (Å²) in [6.07, 6.45) is 1.25. The summed E-state index contributed by atoms with van der Waals surface area (Å²) < 4.78 is 5.50. The fourth-order valence-corrected chi connectivity index (χ4v) is 0.931. The van der Waals surface area contributed by atoms with Crippen LogP contribution in [-0.4, -0.2) is 34.6 Å². The fourth-order valence-electron chi connectivity index (χ4n) is 0.931. The second-order valence-electron chi connectivity index (χ2n) is 2.36. The van der Waals surface area contributed by atoms with Gasteiger partial charge in [-0.05, 0) is 0 Å². The fraction of sp³-hybridized carbons (Fsp3) is 0.429. The lowest BCUT2D eigenvalue weighted by atomic mass is 10.4. The molecular weight excluding hydrogens is 176 g/mol. The number of methoxy groups -OCH3 is 1. The van der Waals surface area contributed by atoms with Crippen LogP contribution < -0.4 is 5.56 Å². The first-order chi connectivity index (χ1) is 6.20. The van der Waals surface area contributed by atoms with E-state index in [0.717, 1.165) is 4.68 Å². The molecule has 0 unspecified atom stereocenters. The van der Waals surface area contributed by atoms with Crippen LogP contribution in [0.25, 0.3) is 0 Å². The van der Waals surface area contributed by atoms with Gasteiger partial charge in [0.2, 0.25) is 0 Å². The number of esters is 1. The molecule has 6 heteroatoms. The number of aromatic nitrogens is 2. The number of hydrogen-bond donors (Lipinski definition) is 2. The maximum absolute atomic E-state index is 11.3. The Hall–Kier alpha value is -1.56. The monoisotopic (exact) mass is 186 g/mol. The Morgan fingerprint density at radius 3 is 3.00 bits per heavy atom. The topological polar surface area (TPSA) is 84.3 Å². The number of nitrogens with one attached hydrogen (secondary N) is 1. The number of hydrogen-bond acceptors (Lipinski definition) is 4. The number of aliphatic hydroxyl groups excluding tert-OH is 1. The van der Waals surface area contributed by atoms with E-state index >= 15 is 0 Å². The van der Waals surface area contributed by atoms with E-state index in [1.54, 1.807) is 0 Å². The molecule has 0 aliphatic heterocycles. The van der Waals surface area contributed by atoms with Gasteiger partial charge in [-0.3, -0.25) is 9.48 Å². The summed E-state index contributed by atoms with van der Waals surface area (Å²) >= 11 is 0. The van der Waals surface area contributed by atoms with Crippen LogP contribution in [0.1, 0.15) is 10.4 Å². The van der Waals surface area contributed by atoms with Crippen molar-refractivity contribution in [3.63, 3.8) is 0 Å². The van der Waals surface area contributed by atoms with Crippen LogP contribution in [0.3, 0.4) is 0 Å². The molecule has 0 radical (unpaired) electrons. The molecule has 0 amide bonds. The molecule has 72 valence electrons. The van der Waals surface area contributed by atoms with Gasteiger partial charge in [-0.2, -0.15) is 0 Å². The van der Waals surface area contributed by atoms with E-state index in [4.69, 9.17) is 5.11 Å².